The van der Waals surface area contributed by atoms with Crippen LogP contribution in [0.15, 0.2) is 54.9 Å². The van der Waals surface area contributed by atoms with Crippen molar-refractivity contribution < 1.29 is 4.40 Å². The molecule has 0 unspecified atom stereocenters. The maximum atomic E-state index is 2.18. The predicted octanol–water partition coefficient (Wildman–Crippen LogP) is 2.89. The Kier molecular flexibility index (Phi) is 1.72. The number of pyridine rings is 2. The molecular weight excluding hydrogens is 182 g/mol. The molecule has 0 saturated heterocycles. The van der Waals surface area contributed by atoms with Gasteiger partial charge in [-0.2, -0.15) is 4.40 Å². The lowest BCUT2D eigenvalue weighted by Gasteiger charge is -1.98. The molecule has 0 fully saturated rings. The van der Waals surface area contributed by atoms with Gasteiger partial charge in [-0.05, 0) is 24.4 Å². The fourth-order valence-corrected chi connectivity index (χ4v) is 2.02. The fourth-order valence-electron chi connectivity index (χ4n) is 2.02. The number of hydrogen-bond donors (Lipinski definition) is 0. The van der Waals surface area contributed by atoms with Crippen LogP contribution < -0.4 is 4.40 Å². The van der Waals surface area contributed by atoms with Crippen molar-refractivity contribution in [3.8, 4) is 0 Å². The molecular formula is C14H12N+. The quantitative estimate of drug-likeness (QED) is 0.383. The Hall–Kier alpha value is -1.89. The molecule has 0 atom stereocenters. The van der Waals surface area contributed by atoms with E-state index in [0.717, 1.165) is 0 Å². The standard InChI is InChI=1S/C14H12N/c1-11-6-7-14-13-5-3-2-4-12(13)8-9-15(14)10-11/h2-10H,1H3/q+1. The first-order valence-electron chi connectivity index (χ1n) is 5.14. The van der Waals surface area contributed by atoms with Gasteiger partial charge in [-0.3, -0.25) is 0 Å². The second-order valence-electron chi connectivity index (χ2n) is 3.90. The minimum absolute atomic E-state index is 1.26. The van der Waals surface area contributed by atoms with Crippen LogP contribution in [0.1, 0.15) is 5.56 Å². The van der Waals surface area contributed by atoms with E-state index in [0.29, 0.717) is 0 Å². The van der Waals surface area contributed by atoms with Crippen LogP contribution in [-0.4, -0.2) is 0 Å². The highest BCUT2D eigenvalue weighted by molar-refractivity contribution is 5.93. The van der Waals surface area contributed by atoms with Crippen LogP contribution in [0.2, 0.25) is 0 Å². The van der Waals surface area contributed by atoms with Gasteiger partial charge in [-0.15, -0.1) is 0 Å². The molecule has 0 N–H and O–H groups in total. The zero-order chi connectivity index (χ0) is 10.3. The minimum Gasteiger partial charge on any atom is -0.166 e. The van der Waals surface area contributed by atoms with Crippen molar-refractivity contribution in [3.05, 3.63) is 60.4 Å². The lowest BCUT2D eigenvalue weighted by Crippen LogP contribution is -2.20. The summed E-state index contributed by atoms with van der Waals surface area (Å²) in [4.78, 5) is 0. The van der Waals surface area contributed by atoms with E-state index in [1.165, 1.54) is 21.9 Å². The fraction of sp³-hybridized carbons (Fsp3) is 0.0714. The van der Waals surface area contributed by atoms with Gasteiger partial charge in [0.1, 0.15) is 0 Å². The number of rotatable bonds is 0. The van der Waals surface area contributed by atoms with Crippen LogP contribution in [0.4, 0.5) is 0 Å². The van der Waals surface area contributed by atoms with Gasteiger partial charge in [0.05, 0.1) is 5.39 Å². The smallest absolute Gasteiger partial charge is 0.166 e. The first-order valence-corrected chi connectivity index (χ1v) is 5.14. The third kappa shape index (κ3) is 1.28. The average molecular weight is 194 g/mol. The van der Waals surface area contributed by atoms with Gasteiger partial charge in [0.2, 0.25) is 5.52 Å². The van der Waals surface area contributed by atoms with Crippen LogP contribution >= 0.6 is 0 Å². The summed E-state index contributed by atoms with van der Waals surface area (Å²) in [5.41, 5.74) is 2.54. The molecule has 1 nitrogen and oxygen atoms in total. The van der Waals surface area contributed by atoms with Crippen LogP contribution in [0, 0.1) is 6.92 Å². The summed E-state index contributed by atoms with van der Waals surface area (Å²) in [5.74, 6) is 0. The highest BCUT2D eigenvalue weighted by Crippen LogP contribution is 2.16. The van der Waals surface area contributed by atoms with Crippen molar-refractivity contribution in [3.63, 3.8) is 0 Å². The monoisotopic (exact) mass is 194 g/mol. The Morgan fingerprint density at radius 3 is 2.73 bits per heavy atom. The Morgan fingerprint density at radius 1 is 0.933 bits per heavy atom. The summed E-state index contributed by atoms with van der Waals surface area (Å²) in [7, 11) is 0. The third-order valence-electron chi connectivity index (χ3n) is 2.78. The number of aromatic nitrogens is 1. The lowest BCUT2D eigenvalue weighted by atomic mass is 10.1. The summed E-state index contributed by atoms with van der Waals surface area (Å²) in [6.07, 6.45) is 4.27. The minimum atomic E-state index is 1.26. The molecule has 1 heteroatoms. The van der Waals surface area contributed by atoms with E-state index in [4.69, 9.17) is 0 Å². The lowest BCUT2D eigenvalue weighted by molar-refractivity contribution is -0.511. The average Bonchev–Trinajstić information content (AvgIpc) is 2.28. The van der Waals surface area contributed by atoms with Crippen LogP contribution in [0.3, 0.4) is 0 Å². The van der Waals surface area contributed by atoms with Crippen molar-refractivity contribution in [1.82, 2.24) is 0 Å². The van der Waals surface area contributed by atoms with E-state index in [1.54, 1.807) is 0 Å². The number of benzene rings is 1. The zero-order valence-corrected chi connectivity index (χ0v) is 8.64. The maximum Gasteiger partial charge on any atom is 0.218 e. The molecule has 2 aromatic heterocycles. The first-order chi connectivity index (χ1) is 7.34. The highest BCUT2D eigenvalue weighted by atomic mass is 14.8. The molecule has 15 heavy (non-hydrogen) atoms. The largest absolute Gasteiger partial charge is 0.218 e. The Labute approximate surface area is 88.6 Å². The second kappa shape index (κ2) is 3.06. The van der Waals surface area contributed by atoms with Crippen LogP contribution in [-0.2, 0) is 0 Å². The molecule has 0 aliphatic heterocycles. The summed E-state index contributed by atoms with van der Waals surface area (Å²) in [5, 5.41) is 2.60. The van der Waals surface area contributed by atoms with Gasteiger partial charge in [0.25, 0.3) is 0 Å². The van der Waals surface area contributed by atoms with Crippen molar-refractivity contribution in [1.29, 1.82) is 0 Å². The Balaban J connectivity index is 2.55. The highest BCUT2D eigenvalue weighted by Gasteiger charge is 2.06. The van der Waals surface area contributed by atoms with Crippen molar-refractivity contribution in [2.45, 2.75) is 6.92 Å². The molecule has 0 bridgehead atoms. The van der Waals surface area contributed by atoms with Gasteiger partial charge in [0, 0.05) is 17.7 Å². The third-order valence-corrected chi connectivity index (χ3v) is 2.78. The normalized spacial score (nSPS) is 11.0. The van der Waals surface area contributed by atoms with Gasteiger partial charge in [-0.1, -0.05) is 18.2 Å². The summed E-state index contributed by atoms with van der Waals surface area (Å²) in [6, 6.07) is 15.0. The zero-order valence-electron chi connectivity index (χ0n) is 8.64. The molecule has 0 amide bonds. The molecule has 3 aromatic rings. The van der Waals surface area contributed by atoms with E-state index in [1.807, 2.05) is 0 Å². The first kappa shape index (κ1) is 8.42. The molecule has 0 saturated carbocycles. The molecule has 0 spiro atoms. The molecule has 2 heterocycles. The molecule has 0 aliphatic carbocycles. The van der Waals surface area contributed by atoms with E-state index in [-0.39, 0.29) is 0 Å². The van der Waals surface area contributed by atoms with Crippen molar-refractivity contribution in [2.24, 2.45) is 0 Å². The molecule has 72 valence electrons. The van der Waals surface area contributed by atoms with Crippen LogP contribution in [0.25, 0.3) is 16.3 Å². The van der Waals surface area contributed by atoms with E-state index in [2.05, 4.69) is 66.2 Å². The molecule has 0 radical (unpaired) electrons. The maximum absolute atomic E-state index is 2.18. The Morgan fingerprint density at radius 2 is 1.80 bits per heavy atom. The van der Waals surface area contributed by atoms with E-state index >= 15 is 0 Å². The number of aryl methyl sites for hydroxylation is 1. The number of hydrogen-bond acceptors (Lipinski definition) is 0. The molecule has 1 aromatic carbocycles. The summed E-state index contributed by atoms with van der Waals surface area (Å²) >= 11 is 0. The van der Waals surface area contributed by atoms with Crippen molar-refractivity contribution in [2.75, 3.05) is 0 Å². The molecule has 3 rings (SSSR count). The number of nitrogens with zero attached hydrogens (tertiary/aromatic N) is 1. The van der Waals surface area contributed by atoms with Gasteiger partial charge in [0.15, 0.2) is 12.4 Å². The second-order valence-corrected chi connectivity index (χ2v) is 3.90. The van der Waals surface area contributed by atoms with E-state index in [9.17, 15) is 0 Å². The van der Waals surface area contributed by atoms with Gasteiger partial charge in [-0.25, -0.2) is 0 Å². The predicted molar refractivity (Wildman–Crippen MR) is 61.8 cm³/mol. The van der Waals surface area contributed by atoms with Crippen molar-refractivity contribution >= 4 is 16.3 Å². The molecule has 0 aliphatic rings. The van der Waals surface area contributed by atoms with Gasteiger partial charge >= 0.3 is 0 Å². The SMILES string of the molecule is Cc1ccc2c3ccccc3cc[n+]2c1. The summed E-state index contributed by atoms with van der Waals surface area (Å²) < 4.78 is 2.18. The van der Waals surface area contributed by atoms with E-state index < -0.39 is 0 Å². The Bertz CT molecular complexity index is 641. The summed E-state index contributed by atoms with van der Waals surface area (Å²) in [6.45, 7) is 2.11. The number of fused-ring (bicyclic) bond motifs is 3. The van der Waals surface area contributed by atoms with Crippen LogP contribution in [0.5, 0.6) is 0 Å². The topological polar surface area (TPSA) is 4.10 Å². The van der Waals surface area contributed by atoms with Gasteiger partial charge < -0.3 is 0 Å².